The molecular weight excluding hydrogens is 444 g/mol. The van der Waals surface area contributed by atoms with Crippen LogP contribution in [0.4, 0.5) is 5.69 Å². The molecule has 8 nitrogen and oxygen atoms in total. The Morgan fingerprint density at radius 1 is 1.00 bits per heavy atom. The lowest BCUT2D eigenvalue weighted by atomic mass is 10.1. The SMILES string of the molecule is CCOCCOc1nc(-c2ccc(OC)cc2)n(-c2cccc(NC(=O)c3ccc(C)cc3)c2)n1. The van der Waals surface area contributed by atoms with Gasteiger partial charge in [0.2, 0.25) is 0 Å². The number of benzene rings is 3. The summed E-state index contributed by atoms with van der Waals surface area (Å²) in [6, 6.07) is 22.6. The van der Waals surface area contributed by atoms with Gasteiger partial charge in [0.05, 0.1) is 19.4 Å². The molecule has 0 aliphatic rings. The molecular formula is C27H28N4O4. The largest absolute Gasteiger partial charge is 0.497 e. The molecule has 1 N–H and O–H groups in total. The van der Waals surface area contributed by atoms with Crippen molar-refractivity contribution in [1.82, 2.24) is 14.8 Å². The second kappa shape index (κ2) is 11.3. The zero-order valence-electron chi connectivity index (χ0n) is 20.0. The van der Waals surface area contributed by atoms with Gasteiger partial charge >= 0.3 is 6.01 Å². The summed E-state index contributed by atoms with van der Waals surface area (Å²) in [5.74, 6) is 1.16. The van der Waals surface area contributed by atoms with E-state index in [1.54, 1.807) is 23.9 Å². The van der Waals surface area contributed by atoms with Crippen LogP contribution in [0.5, 0.6) is 11.8 Å². The number of nitrogens with zero attached hydrogens (tertiary/aromatic N) is 3. The van der Waals surface area contributed by atoms with Crippen LogP contribution in [0.25, 0.3) is 17.1 Å². The van der Waals surface area contributed by atoms with Crippen molar-refractivity contribution in [1.29, 1.82) is 0 Å². The molecule has 4 aromatic rings. The molecule has 0 aliphatic carbocycles. The number of aryl methyl sites for hydroxylation is 1. The second-order valence-corrected chi connectivity index (χ2v) is 7.77. The number of rotatable bonds is 10. The Kier molecular flexibility index (Phi) is 7.74. The summed E-state index contributed by atoms with van der Waals surface area (Å²) in [5.41, 5.74) is 3.89. The zero-order chi connectivity index (χ0) is 24.6. The van der Waals surface area contributed by atoms with Crippen molar-refractivity contribution in [2.75, 3.05) is 32.2 Å². The van der Waals surface area contributed by atoms with E-state index < -0.39 is 0 Å². The number of amides is 1. The van der Waals surface area contributed by atoms with Crippen LogP contribution in [0.15, 0.2) is 72.8 Å². The number of anilines is 1. The number of methoxy groups -OCH3 is 1. The van der Waals surface area contributed by atoms with Gasteiger partial charge in [-0.15, -0.1) is 5.10 Å². The molecule has 0 unspecified atom stereocenters. The predicted molar refractivity (Wildman–Crippen MR) is 134 cm³/mol. The Bertz CT molecular complexity index is 1270. The minimum Gasteiger partial charge on any atom is -0.497 e. The topological polar surface area (TPSA) is 87.5 Å². The average Bonchev–Trinajstić information content (AvgIpc) is 3.31. The molecule has 0 saturated heterocycles. The van der Waals surface area contributed by atoms with Gasteiger partial charge in [0.1, 0.15) is 12.4 Å². The molecule has 0 atom stereocenters. The van der Waals surface area contributed by atoms with E-state index in [4.69, 9.17) is 14.2 Å². The van der Waals surface area contributed by atoms with Crippen molar-refractivity contribution in [2.45, 2.75) is 13.8 Å². The predicted octanol–water partition coefficient (Wildman–Crippen LogP) is 4.92. The van der Waals surface area contributed by atoms with Crippen molar-refractivity contribution in [3.05, 3.63) is 83.9 Å². The quantitative estimate of drug-likeness (QED) is 0.330. The van der Waals surface area contributed by atoms with E-state index in [-0.39, 0.29) is 11.9 Å². The van der Waals surface area contributed by atoms with Crippen molar-refractivity contribution >= 4 is 11.6 Å². The van der Waals surface area contributed by atoms with E-state index in [1.807, 2.05) is 74.5 Å². The number of ether oxygens (including phenoxy) is 3. The first-order chi connectivity index (χ1) is 17.1. The fourth-order valence-corrected chi connectivity index (χ4v) is 3.42. The van der Waals surface area contributed by atoms with Crippen molar-refractivity contribution in [2.24, 2.45) is 0 Å². The fraction of sp³-hybridized carbons (Fsp3) is 0.222. The van der Waals surface area contributed by atoms with Crippen LogP contribution in [0, 0.1) is 6.92 Å². The first-order valence-electron chi connectivity index (χ1n) is 11.4. The third kappa shape index (κ3) is 6.04. The Hall–Kier alpha value is -4.17. The van der Waals surface area contributed by atoms with Gasteiger partial charge in [0.25, 0.3) is 5.91 Å². The molecule has 1 amide bonds. The fourth-order valence-electron chi connectivity index (χ4n) is 3.42. The minimum atomic E-state index is -0.184. The van der Waals surface area contributed by atoms with Gasteiger partial charge in [-0.2, -0.15) is 4.98 Å². The van der Waals surface area contributed by atoms with Crippen LogP contribution >= 0.6 is 0 Å². The summed E-state index contributed by atoms with van der Waals surface area (Å²) in [5, 5.41) is 7.52. The van der Waals surface area contributed by atoms with Gasteiger partial charge in [-0.25, -0.2) is 4.68 Å². The number of aromatic nitrogens is 3. The zero-order valence-corrected chi connectivity index (χ0v) is 20.0. The molecule has 180 valence electrons. The molecule has 0 fully saturated rings. The van der Waals surface area contributed by atoms with Gasteiger partial charge < -0.3 is 19.5 Å². The molecule has 35 heavy (non-hydrogen) atoms. The Morgan fingerprint density at radius 3 is 2.49 bits per heavy atom. The summed E-state index contributed by atoms with van der Waals surface area (Å²) in [4.78, 5) is 17.3. The van der Waals surface area contributed by atoms with E-state index >= 15 is 0 Å². The standard InChI is InChI=1S/C27H28N4O4/c1-4-34-16-17-35-27-29-25(20-12-14-24(33-3)15-13-20)31(30-27)23-7-5-6-22(18-23)28-26(32)21-10-8-19(2)9-11-21/h5-15,18H,4,16-17H2,1-3H3,(H,28,32). The highest BCUT2D eigenvalue weighted by Crippen LogP contribution is 2.26. The molecule has 8 heteroatoms. The van der Waals surface area contributed by atoms with Crippen molar-refractivity contribution in [3.8, 4) is 28.8 Å². The number of hydrogen-bond donors (Lipinski definition) is 1. The molecule has 4 rings (SSSR count). The van der Waals surface area contributed by atoms with Crippen LogP contribution in [0.1, 0.15) is 22.8 Å². The number of carbonyl (C=O) groups excluding carboxylic acids is 1. The third-order valence-electron chi connectivity index (χ3n) is 5.26. The smallest absolute Gasteiger partial charge is 0.336 e. The van der Waals surface area contributed by atoms with Crippen molar-refractivity contribution < 1.29 is 19.0 Å². The van der Waals surface area contributed by atoms with E-state index in [2.05, 4.69) is 15.4 Å². The first kappa shape index (κ1) is 24.0. The maximum atomic E-state index is 12.7. The highest BCUT2D eigenvalue weighted by Gasteiger charge is 2.16. The van der Waals surface area contributed by atoms with Crippen LogP contribution in [-0.4, -0.2) is 47.6 Å². The molecule has 0 saturated carbocycles. The molecule has 0 radical (unpaired) electrons. The van der Waals surface area contributed by atoms with Crippen LogP contribution in [0.2, 0.25) is 0 Å². The van der Waals surface area contributed by atoms with Gasteiger partial charge in [-0.05, 0) is 68.4 Å². The lowest BCUT2D eigenvalue weighted by molar-refractivity contribution is 0.102. The molecule has 3 aromatic carbocycles. The molecule has 0 bridgehead atoms. The summed E-state index contributed by atoms with van der Waals surface area (Å²) in [6.45, 7) is 5.32. The van der Waals surface area contributed by atoms with Crippen LogP contribution in [-0.2, 0) is 4.74 Å². The lowest BCUT2D eigenvalue weighted by Crippen LogP contribution is -2.12. The van der Waals surface area contributed by atoms with Gasteiger partial charge in [0, 0.05) is 23.4 Å². The second-order valence-electron chi connectivity index (χ2n) is 7.77. The summed E-state index contributed by atoms with van der Waals surface area (Å²) < 4.78 is 18.0. The van der Waals surface area contributed by atoms with Gasteiger partial charge in [-0.3, -0.25) is 4.79 Å². The molecule has 0 aliphatic heterocycles. The molecule has 0 spiro atoms. The molecule has 1 aromatic heterocycles. The van der Waals surface area contributed by atoms with E-state index in [1.165, 1.54) is 0 Å². The number of carbonyl (C=O) groups is 1. The number of hydrogen-bond acceptors (Lipinski definition) is 6. The normalized spacial score (nSPS) is 10.7. The van der Waals surface area contributed by atoms with Crippen LogP contribution < -0.4 is 14.8 Å². The molecule has 1 heterocycles. The summed E-state index contributed by atoms with van der Waals surface area (Å²) in [6.07, 6.45) is 0. The lowest BCUT2D eigenvalue weighted by Gasteiger charge is -2.10. The highest BCUT2D eigenvalue weighted by atomic mass is 16.5. The summed E-state index contributed by atoms with van der Waals surface area (Å²) >= 11 is 0. The maximum absolute atomic E-state index is 12.7. The third-order valence-corrected chi connectivity index (χ3v) is 5.26. The van der Waals surface area contributed by atoms with Gasteiger partial charge in [-0.1, -0.05) is 23.8 Å². The minimum absolute atomic E-state index is 0.184. The van der Waals surface area contributed by atoms with Crippen LogP contribution in [0.3, 0.4) is 0 Å². The Labute approximate surface area is 204 Å². The maximum Gasteiger partial charge on any atom is 0.336 e. The van der Waals surface area contributed by atoms with Crippen molar-refractivity contribution in [3.63, 3.8) is 0 Å². The van der Waals surface area contributed by atoms with Gasteiger partial charge in [0.15, 0.2) is 5.82 Å². The Balaban J connectivity index is 1.63. The van der Waals surface area contributed by atoms with E-state index in [9.17, 15) is 4.79 Å². The monoisotopic (exact) mass is 472 g/mol. The first-order valence-corrected chi connectivity index (χ1v) is 11.4. The average molecular weight is 473 g/mol. The highest BCUT2D eigenvalue weighted by molar-refractivity contribution is 6.04. The van der Waals surface area contributed by atoms with E-state index in [0.717, 1.165) is 22.6 Å². The summed E-state index contributed by atoms with van der Waals surface area (Å²) in [7, 11) is 1.62. The number of nitrogens with one attached hydrogen (secondary N) is 1. The van der Waals surface area contributed by atoms with E-state index in [0.29, 0.717) is 36.9 Å². The Morgan fingerprint density at radius 2 is 1.77 bits per heavy atom.